The van der Waals surface area contributed by atoms with E-state index in [0.717, 1.165) is 11.3 Å². The molecule has 0 unspecified atom stereocenters. The van der Waals surface area contributed by atoms with E-state index in [-0.39, 0.29) is 12.5 Å². The van der Waals surface area contributed by atoms with Gasteiger partial charge in [0, 0.05) is 30.2 Å². The lowest BCUT2D eigenvalue weighted by Crippen LogP contribution is -2.34. The highest BCUT2D eigenvalue weighted by molar-refractivity contribution is 5.94. The molecule has 3 aromatic rings. The van der Waals surface area contributed by atoms with Gasteiger partial charge in [0.25, 0.3) is 5.91 Å². The standard InChI is InChI=1S/C20H19N3O3/c24-19(16-6-8-18(9-7-16)23-11-10-21-14-23)22-13-17(20(25)26)12-15-4-2-1-3-5-15/h1-11,14,17H,12-13H2,(H,22,24)(H,25,26)/t17-/m1/s1. The third-order valence-electron chi connectivity index (χ3n) is 4.12. The van der Waals surface area contributed by atoms with Gasteiger partial charge in [-0.2, -0.15) is 0 Å². The van der Waals surface area contributed by atoms with Crippen LogP contribution in [0.1, 0.15) is 15.9 Å². The number of aromatic nitrogens is 2. The third-order valence-corrected chi connectivity index (χ3v) is 4.12. The van der Waals surface area contributed by atoms with E-state index in [1.807, 2.05) is 53.2 Å². The molecule has 6 nitrogen and oxygen atoms in total. The largest absolute Gasteiger partial charge is 0.481 e. The van der Waals surface area contributed by atoms with Crippen molar-refractivity contribution in [3.63, 3.8) is 0 Å². The van der Waals surface area contributed by atoms with Crippen molar-refractivity contribution in [2.75, 3.05) is 6.54 Å². The summed E-state index contributed by atoms with van der Waals surface area (Å²) >= 11 is 0. The Labute approximate surface area is 151 Å². The molecule has 1 aromatic heterocycles. The lowest BCUT2D eigenvalue weighted by molar-refractivity contribution is -0.141. The quantitative estimate of drug-likeness (QED) is 0.686. The highest BCUT2D eigenvalue weighted by Gasteiger charge is 2.19. The summed E-state index contributed by atoms with van der Waals surface area (Å²) in [7, 11) is 0. The maximum Gasteiger partial charge on any atom is 0.308 e. The molecule has 2 aromatic carbocycles. The lowest BCUT2D eigenvalue weighted by atomic mass is 9.99. The molecule has 0 aliphatic carbocycles. The number of nitrogens with one attached hydrogen (secondary N) is 1. The fourth-order valence-corrected chi connectivity index (χ4v) is 2.66. The fraction of sp³-hybridized carbons (Fsp3) is 0.150. The van der Waals surface area contributed by atoms with E-state index in [1.165, 1.54) is 0 Å². The first-order chi connectivity index (χ1) is 12.6. The molecule has 2 N–H and O–H groups in total. The normalized spacial score (nSPS) is 11.7. The van der Waals surface area contributed by atoms with Crippen molar-refractivity contribution in [1.29, 1.82) is 0 Å². The van der Waals surface area contributed by atoms with Gasteiger partial charge in [0.2, 0.25) is 0 Å². The molecule has 0 aliphatic heterocycles. The molecule has 0 aliphatic rings. The number of benzene rings is 2. The molecule has 6 heteroatoms. The van der Waals surface area contributed by atoms with Crippen LogP contribution in [-0.4, -0.2) is 33.1 Å². The second-order valence-electron chi connectivity index (χ2n) is 5.95. The molecular weight excluding hydrogens is 330 g/mol. The molecule has 132 valence electrons. The van der Waals surface area contributed by atoms with Crippen molar-refractivity contribution in [2.24, 2.45) is 5.92 Å². The van der Waals surface area contributed by atoms with E-state index in [4.69, 9.17) is 0 Å². The summed E-state index contributed by atoms with van der Waals surface area (Å²) in [6.07, 6.45) is 5.54. The highest BCUT2D eigenvalue weighted by atomic mass is 16.4. The number of imidazole rings is 1. The van der Waals surface area contributed by atoms with Crippen LogP contribution in [-0.2, 0) is 11.2 Å². The molecule has 0 spiro atoms. The fourth-order valence-electron chi connectivity index (χ4n) is 2.66. The van der Waals surface area contributed by atoms with Gasteiger partial charge in [-0.3, -0.25) is 9.59 Å². The van der Waals surface area contributed by atoms with Crippen LogP contribution < -0.4 is 5.32 Å². The van der Waals surface area contributed by atoms with E-state index >= 15 is 0 Å². The van der Waals surface area contributed by atoms with Crippen LogP contribution in [0.5, 0.6) is 0 Å². The van der Waals surface area contributed by atoms with Crippen molar-refractivity contribution in [1.82, 2.24) is 14.9 Å². The van der Waals surface area contributed by atoms with Crippen molar-refractivity contribution in [3.05, 3.63) is 84.4 Å². The number of nitrogens with zero attached hydrogens (tertiary/aromatic N) is 2. The number of carbonyl (C=O) groups is 2. The van der Waals surface area contributed by atoms with Crippen molar-refractivity contribution < 1.29 is 14.7 Å². The monoisotopic (exact) mass is 349 g/mol. The third kappa shape index (κ3) is 4.36. The number of carboxylic acid groups (broad SMARTS) is 1. The minimum atomic E-state index is -0.926. The Hall–Kier alpha value is -3.41. The first-order valence-corrected chi connectivity index (χ1v) is 8.27. The summed E-state index contributed by atoms with van der Waals surface area (Å²) < 4.78 is 1.84. The Bertz CT molecular complexity index is 859. The number of carboxylic acids is 1. The average Bonchev–Trinajstić information content (AvgIpc) is 3.20. The summed E-state index contributed by atoms with van der Waals surface area (Å²) in [6.45, 7) is 0.0757. The van der Waals surface area contributed by atoms with Crippen molar-refractivity contribution in [2.45, 2.75) is 6.42 Å². The topological polar surface area (TPSA) is 84.2 Å². The van der Waals surface area contributed by atoms with Gasteiger partial charge in [-0.1, -0.05) is 30.3 Å². The van der Waals surface area contributed by atoms with Crippen LogP contribution in [0.15, 0.2) is 73.3 Å². The Morgan fingerprint density at radius 3 is 2.42 bits per heavy atom. The predicted molar refractivity (Wildman–Crippen MR) is 97.2 cm³/mol. The van der Waals surface area contributed by atoms with E-state index in [1.54, 1.807) is 24.7 Å². The van der Waals surface area contributed by atoms with Crippen molar-refractivity contribution >= 4 is 11.9 Å². The number of carbonyl (C=O) groups excluding carboxylic acids is 1. The first-order valence-electron chi connectivity index (χ1n) is 8.27. The van der Waals surface area contributed by atoms with E-state index < -0.39 is 11.9 Å². The average molecular weight is 349 g/mol. The number of amides is 1. The molecule has 26 heavy (non-hydrogen) atoms. The molecule has 0 radical (unpaired) electrons. The first kappa shape index (κ1) is 17.4. The summed E-state index contributed by atoms with van der Waals surface area (Å²) in [5.41, 5.74) is 2.31. The second kappa shape index (κ2) is 8.11. The molecule has 0 saturated carbocycles. The van der Waals surface area contributed by atoms with E-state index in [9.17, 15) is 14.7 Å². The van der Waals surface area contributed by atoms with Crippen LogP contribution in [0.2, 0.25) is 0 Å². The molecule has 1 heterocycles. The Balaban J connectivity index is 1.60. The van der Waals surface area contributed by atoms with Gasteiger partial charge in [0.05, 0.1) is 12.2 Å². The SMILES string of the molecule is O=C(NC[C@@H](Cc1ccccc1)C(=O)O)c1ccc(-n2ccnc2)cc1. The smallest absolute Gasteiger partial charge is 0.308 e. The number of hydrogen-bond donors (Lipinski definition) is 2. The summed E-state index contributed by atoms with van der Waals surface area (Å²) in [4.78, 5) is 27.8. The lowest BCUT2D eigenvalue weighted by Gasteiger charge is -2.14. The molecule has 3 rings (SSSR count). The molecule has 0 saturated heterocycles. The van der Waals surface area contributed by atoms with Crippen LogP contribution in [0.25, 0.3) is 5.69 Å². The number of aliphatic carboxylic acids is 1. The van der Waals surface area contributed by atoms with Gasteiger partial charge in [-0.25, -0.2) is 4.98 Å². The van der Waals surface area contributed by atoms with Gasteiger partial charge in [-0.15, -0.1) is 0 Å². The summed E-state index contributed by atoms with van der Waals surface area (Å²) in [6, 6.07) is 16.4. The Morgan fingerprint density at radius 1 is 1.08 bits per heavy atom. The number of rotatable bonds is 7. The maximum atomic E-state index is 12.3. The zero-order valence-electron chi connectivity index (χ0n) is 14.1. The van der Waals surface area contributed by atoms with Crippen LogP contribution in [0.3, 0.4) is 0 Å². The molecule has 0 bridgehead atoms. The Morgan fingerprint density at radius 2 is 1.81 bits per heavy atom. The summed E-state index contributed by atoms with van der Waals surface area (Å²) in [5.74, 6) is -1.89. The van der Waals surface area contributed by atoms with Gasteiger partial charge in [0.15, 0.2) is 0 Å². The molecule has 1 atom stereocenters. The van der Waals surface area contributed by atoms with Gasteiger partial charge >= 0.3 is 5.97 Å². The van der Waals surface area contributed by atoms with Crippen LogP contribution in [0, 0.1) is 5.92 Å². The number of hydrogen-bond acceptors (Lipinski definition) is 3. The maximum absolute atomic E-state index is 12.3. The second-order valence-corrected chi connectivity index (χ2v) is 5.95. The Kier molecular flexibility index (Phi) is 5.43. The summed E-state index contributed by atoms with van der Waals surface area (Å²) in [5, 5.41) is 12.1. The van der Waals surface area contributed by atoms with Crippen LogP contribution >= 0.6 is 0 Å². The van der Waals surface area contributed by atoms with Gasteiger partial charge in [0.1, 0.15) is 0 Å². The van der Waals surface area contributed by atoms with E-state index in [2.05, 4.69) is 10.3 Å². The predicted octanol–water partition coefficient (Wildman–Crippen LogP) is 2.55. The molecule has 0 fully saturated rings. The van der Waals surface area contributed by atoms with Crippen molar-refractivity contribution in [3.8, 4) is 5.69 Å². The minimum absolute atomic E-state index is 0.0757. The highest BCUT2D eigenvalue weighted by Crippen LogP contribution is 2.11. The minimum Gasteiger partial charge on any atom is -0.481 e. The zero-order valence-corrected chi connectivity index (χ0v) is 14.1. The molecule has 1 amide bonds. The molecular formula is C20H19N3O3. The zero-order chi connectivity index (χ0) is 18.4. The van der Waals surface area contributed by atoms with E-state index in [0.29, 0.717) is 12.0 Å². The van der Waals surface area contributed by atoms with Gasteiger partial charge in [-0.05, 0) is 36.2 Å². The van der Waals surface area contributed by atoms with Crippen LogP contribution in [0.4, 0.5) is 0 Å². The van der Waals surface area contributed by atoms with Gasteiger partial charge < -0.3 is 15.0 Å².